The zero-order valence-corrected chi connectivity index (χ0v) is 13.8. The van der Waals surface area contributed by atoms with E-state index >= 15 is 0 Å². The summed E-state index contributed by atoms with van der Waals surface area (Å²) in [6, 6.07) is 5.14. The van der Waals surface area contributed by atoms with Crippen LogP contribution in [0.3, 0.4) is 0 Å². The fourth-order valence-corrected chi connectivity index (χ4v) is 2.60. The molecule has 0 aliphatic carbocycles. The molecule has 0 spiro atoms. The Morgan fingerprint density at radius 2 is 2.18 bits per heavy atom. The standard InChI is InChI=1S/C17H25FN2O2/c1-12-7-8-15(14(18)10-12)19-11-13-6-5-9-20(13)16(21)22-17(2,3)4/h7-8,10,13,19H,5-6,9,11H2,1-4H3. The largest absolute Gasteiger partial charge is 0.444 e. The summed E-state index contributed by atoms with van der Waals surface area (Å²) >= 11 is 0. The Hall–Kier alpha value is -1.78. The number of hydrogen-bond donors (Lipinski definition) is 1. The van der Waals surface area contributed by atoms with Crippen molar-refractivity contribution >= 4 is 11.8 Å². The van der Waals surface area contributed by atoms with Crippen molar-refractivity contribution in [2.24, 2.45) is 0 Å². The number of carbonyl (C=O) groups is 1. The topological polar surface area (TPSA) is 41.6 Å². The molecule has 1 heterocycles. The fraction of sp³-hybridized carbons (Fsp3) is 0.588. The van der Waals surface area contributed by atoms with Crippen LogP contribution in [0.25, 0.3) is 0 Å². The number of benzene rings is 1. The van der Waals surface area contributed by atoms with Crippen LogP contribution in [0, 0.1) is 12.7 Å². The van der Waals surface area contributed by atoms with E-state index in [1.807, 2.05) is 33.8 Å². The second-order valence-corrected chi connectivity index (χ2v) is 6.83. The number of ether oxygens (including phenoxy) is 1. The van der Waals surface area contributed by atoms with Crippen molar-refractivity contribution in [1.82, 2.24) is 4.90 Å². The highest BCUT2D eigenvalue weighted by molar-refractivity contribution is 5.69. The average molecular weight is 308 g/mol. The van der Waals surface area contributed by atoms with Gasteiger partial charge in [-0.2, -0.15) is 0 Å². The zero-order valence-electron chi connectivity index (χ0n) is 13.8. The van der Waals surface area contributed by atoms with Crippen molar-refractivity contribution in [3.05, 3.63) is 29.6 Å². The number of hydrogen-bond acceptors (Lipinski definition) is 3. The van der Waals surface area contributed by atoms with Crippen molar-refractivity contribution in [3.8, 4) is 0 Å². The minimum atomic E-state index is -0.499. The molecule has 0 radical (unpaired) electrons. The predicted octanol–water partition coefficient (Wildman–Crippen LogP) is 3.95. The van der Waals surface area contributed by atoms with Gasteiger partial charge < -0.3 is 15.0 Å². The Bertz CT molecular complexity index is 540. The van der Waals surface area contributed by atoms with Crippen molar-refractivity contribution in [2.45, 2.75) is 52.2 Å². The van der Waals surface area contributed by atoms with Gasteiger partial charge in [-0.15, -0.1) is 0 Å². The van der Waals surface area contributed by atoms with E-state index in [0.717, 1.165) is 18.4 Å². The van der Waals surface area contributed by atoms with E-state index in [1.165, 1.54) is 6.07 Å². The Balaban J connectivity index is 1.95. The number of halogens is 1. The lowest BCUT2D eigenvalue weighted by atomic mass is 10.2. The van der Waals surface area contributed by atoms with E-state index in [1.54, 1.807) is 11.0 Å². The Labute approximate surface area is 131 Å². The molecule has 1 aromatic carbocycles. The third-order valence-electron chi connectivity index (χ3n) is 3.66. The van der Waals surface area contributed by atoms with Gasteiger partial charge in [-0.3, -0.25) is 0 Å². The van der Waals surface area contributed by atoms with Crippen molar-refractivity contribution < 1.29 is 13.9 Å². The molecule has 1 N–H and O–H groups in total. The molecule has 1 unspecified atom stereocenters. The van der Waals surface area contributed by atoms with Crippen LogP contribution in [0.4, 0.5) is 14.9 Å². The van der Waals surface area contributed by atoms with Crippen LogP contribution in [-0.2, 0) is 4.74 Å². The molecule has 4 nitrogen and oxygen atoms in total. The van der Waals surface area contributed by atoms with Crippen LogP contribution < -0.4 is 5.32 Å². The van der Waals surface area contributed by atoms with Crippen LogP contribution >= 0.6 is 0 Å². The number of nitrogens with zero attached hydrogens (tertiary/aromatic N) is 1. The van der Waals surface area contributed by atoms with Gasteiger partial charge >= 0.3 is 6.09 Å². The first-order valence-electron chi connectivity index (χ1n) is 7.76. The van der Waals surface area contributed by atoms with Gasteiger partial charge in [0.15, 0.2) is 0 Å². The minimum absolute atomic E-state index is 0.0375. The van der Waals surface area contributed by atoms with E-state index in [2.05, 4.69) is 5.32 Å². The zero-order chi connectivity index (χ0) is 16.3. The van der Waals surface area contributed by atoms with Crippen molar-refractivity contribution in [2.75, 3.05) is 18.4 Å². The number of anilines is 1. The molecule has 1 amide bonds. The Morgan fingerprint density at radius 1 is 1.45 bits per heavy atom. The first-order valence-corrected chi connectivity index (χ1v) is 7.76. The molecular formula is C17H25FN2O2. The number of nitrogens with one attached hydrogen (secondary N) is 1. The monoisotopic (exact) mass is 308 g/mol. The van der Waals surface area contributed by atoms with E-state index in [9.17, 15) is 9.18 Å². The fourth-order valence-electron chi connectivity index (χ4n) is 2.60. The molecule has 1 aromatic rings. The maximum absolute atomic E-state index is 13.8. The highest BCUT2D eigenvalue weighted by Crippen LogP contribution is 2.22. The molecule has 122 valence electrons. The molecule has 5 heteroatoms. The summed E-state index contributed by atoms with van der Waals surface area (Å²) in [6.45, 7) is 8.65. The molecule has 0 aromatic heterocycles. The quantitative estimate of drug-likeness (QED) is 0.919. The van der Waals surface area contributed by atoms with Crippen molar-refractivity contribution in [3.63, 3.8) is 0 Å². The van der Waals surface area contributed by atoms with Crippen molar-refractivity contribution in [1.29, 1.82) is 0 Å². The van der Waals surface area contributed by atoms with E-state index in [4.69, 9.17) is 4.74 Å². The van der Waals surface area contributed by atoms with Crippen LogP contribution in [0.5, 0.6) is 0 Å². The molecule has 1 aliphatic rings. The van der Waals surface area contributed by atoms with Gasteiger partial charge in [0.05, 0.1) is 11.7 Å². The summed E-state index contributed by atoms with van der Waals surface area (Å²) in [7, 11) is 0. The maximum Gasteiger partial charge on any atom is 0.410 e. The van der Waals surface area contributed by atoms with Gasteiger partial charge in [0.1, 0.15) is 11.4 Å². The van der Waals surface area contributed by atoms with Crippen LogP contribution in [-0.4, -0.2) is 35.7 Å². The predicted molar refractivity (Wildman–Crippen MR) is 85.6 cm³/mol. The van der Waals surface area contributed by atoms with Crippen LogP contribution in [0.2, 0.25) is 0 Å². The highest BCUT2D eigenvalue weighted by atomic mass is 19.1. The third-order valence-corrected chi connectivity index (χ3v) is 3.66. The first-order chi connectivity index (χ1) is 10.3. The summed E-state index contributed by atoms with van der Waals surface area (Å²) in [5.41, 5.74) is 0.863. The van der Waals surface area contributed by atoms with E-state index in [-0.39, 0.29) is 18.0 Å². The second-order valence-electron chi connectivity index (χ2n) is 6.83. The molecule has 1 atom stereocenters. The smallest absolute Gasteiger partial charge is 0.410 e. The maximum atomic E-state index is 13.8. The van der Waals surface area contributed by atoms with Gasteiger partial charge in [-0.1, -0.05) is 6.07 Å². The lowest BCUT2D eigenvalue weighted by Gasteiger charge is -2.29. The summed E-state index contributed by atoms with van der Waals surface area (Å²) < 4.78 is 19.3. The Morgan fingerprint density at radius 3 is 2.82 bits per heavy atom. The first kappa shape index (κ1) is 16.6. The van der Waals surface area contributed by atoms with Crippen LogP contribution in [0.1, 0.15) is 39.2 Å². The molecule has 1 saturated heterocycles. The molecule has 0 saturated carbocycles. The number of likely N-dealkylation sites (tertiary alicyclic amines) is 1. The summed E-state index contributed by atoms with van der Waals surface area (Å²) in [5.74, 6) is -0.262. The van der Waals surface area contributed by atoms with Gasteiger partial charge in [-0.25, -0.2) is 9.18 Å². The number of rotatable bonds is 3. The van der Waals surface area contributed by atoms with Gasteiger partial charge in [0, 0.05) is 13.1 Å². The normalized spacial score (nSPS) is 18.4. The number of carbonyl (C=O) groups excluding carboxylic acids is 1. The van der Waals surface area contributed by atoms with Crippen LogP contribution in [0.15, 0.2) is 18.2 Å². The Kier molecular flexibility index (Phi) is 4.94. The summed E-state index contributed by atoms with van der Waals surface area (Å²) in [6.07, 6.45) is 1.56. The average Bonchev–Trinajstić information content (AvgIpc) is 2.84. The third kappa shape index (κ3) is 4.36. The molecule has 0 bridgehead atoms. The van der Waals surface area contributed by atoms with Gasteiger partial charge in [0.2, 0.25) is 0 Å². The van der Waals surface area contributed by atoms with Gasteiger partial charge in [-0.05, 0) is 58.2 Å². The summed E-state index contributed by atoms with van der Waals surface area (Å²) in [4.78, 5) is 13.9. The highest BCUT2D eigenvalue weighted by Gasteiger charge is 2.32. The lowest BCUT2D eigenvalue weighted by molar-refractivity contribution is 0.0235. The van der Waals surface area contributed by atoms with Gasteiger partial charge in [0.25, 0.3) is 0 Å². The molecule has 1 aliphatic heterocycles. The molecule has 22 heavy (non-hydrogen) atoms. The van der Waals surface area contributed by atoms with E-state index in [0.29, 0.717) is 18.8 Å². The molecule has 1 fully saturated rings. The lowest BCUT2D eigenvalue weighted by Crippen LogP contribution is -2.42. The minimum Gasteiger partial charge on any atom is -0.444 e. The molecular weight excluding hydrogens is 283 g/mol. The van der Waals surface area contributed by atoms with E-state index < -0.39 is 5.60 Å². The summed E-state index contributed by atoms with van der Waals surface area (Å²) in [5, 5.41) is 3.11. The molecule has 2 rings (SSSR count). The SMILES string of the molecule is Cc1ccc(NCC2CCCN2C(=O)OC(C)(C)C)c(F)c1. The number of amides is 1. The second kappa shape index (κ2) is 6.55. The number of aryl methyl sites for hydroxylation is 1.